The number of rotatable bonds is 1. The Kier molecular flexibility index (Phi) is 3.48. The third-order valence-electron chi connectivity index (χ3n) is 5.26. The van der Waals surface area contributed by atoms with Crippen molar-refractivity contribution in [3.8, 4) is 17.2 Å². The number of pyridine rings is 1. The molecule has 2 N–H and O–H groups in total. The summed E-state index contributed by atoms with van der Waals surface area (Å²) in [4.78, 5) is 6.85. The third-order valence-corrected chi connectivity index (χ3v) is 5.55. The Balaban J connectivity index is 2.04. The first-order chi connectivity index (χ1) is 11.5. The van der Waals surface area contributed by atoms with Crippen LogP contribution in [0.4, 0.5) is 10.2 Å². The number of hydrogen-bond acceptors (Lipinski definition) is 4. The second-order valence-corrected chi connectivity index (χ2v) is 6.87. The molecule has 3 heterocycles. The smallest absolute Gasteiger partial charge is 0.142 e. The molecule has 4 rings (SSSR count). The lowest BCUT2D eigenvalue weighted by atomic mass is 9.87. The fourth-order valence-electron chi connectivity index (χ4n) is 4.08. The van der Waals surface area contributed by atoms with Crippen LogP contribution < -0.4 is 5.73 Å². The number of fused-ring (bicyclic) bond motifs is 4. The molecule has 1 fully saturated rings. The van der Waals surface area contributed by atoms with Crippen LogP contribution in [0.5, 0.6) is 0 Å². The Bertz CT molecular complexity index is 890. The van der Waals surface area contributed by atoms with Crippen molar-refractivity contribution in [2.75, 3.05) is 12.8 Å². The number of anilines is 1. The first-order valence-electron chi connectivity index (χ1n) is 7.91. The molecular formula is C18H16ClFN4. The molecule has 2 atom stereocenters. The molecule has 1 aromatic carbocycles. The van der Waals surface area contributed by atoms with Crippen LogP contribution in [0.25, 0.3) is 11.1 Å². The lowest BCUT2D eigenvalue weighted by Gasteiger charge is -2.34. The van der Waals surface area contributed by atoms with Crippen LogP contribution >= 0.6 is 11.6 Å². The van der Waals surface area contributed by atoms with Gasteiger partial charge in [0.05, 0.1) is 5.02 Å². The SMILES string of the molecule is CN1[C@H]2CC[C@@H]1c1c(nc(N)c(C#N)c1-c1ccc(F)c(Cl)c1)C2. The lowest BCUT2D eigenvalue weighted by Crippen LogP contribution is -2.35. The molecule has 24 heavy (non-hydrogen) atoms. The van der Waals surface area contributed by atoms with Crippen molar-refractivity contribution in [1.82, 2.24) is 9.88 Å². The summed E-state index contributed by atoms with van der Waals surface area (Å²) in [5, 5.41) is 9.67. The molecule has 1 saturated heterocycles. The van der Waals surface area contributed by atoms with Gasteiger partial charge in [-0.25, -0.2) is 9.37 Å². The molecule has 122 valence electrons. The number of nitriles is 1. The van der Waals surface area contributed by atoms with Crippen molar-refractivity contribution in [2.24, 2.45) is 0 Å². The van der Waals surface area contributed by atoms with Crippen molar-refractivity contribution in [2.45, 2.75) is 31.3 Å². The van der Waals surface area contributed by atoms with E-state index in [0.29, 0.717) is 17.2 Å². The molecule has 0 amide bonds. The summed E-state index contributed by atoms with van der Waals surface area (Å²) in [6.45, 7) is 0. The van der Waals surface area contributed by atoms with E-state index < -0.39 is 5.82 Å². The summed E-state index contributed by atoms with van der Waals surface area (Å²) < 4.78 is 13.6. The van der Waals surface area contributed by atoms with Gasteiger partial charge in [-0.15, -0.1) is 0 Å². The van der Waals surface area contributed by atoms with Crippen LogP contribution in [0.1, 0.15) is 35.7 Å². The highest BCUT2D eigenvalue weighted by atomic mass is 35.5. The standard InChI is InChI=1S/C18H16ClFN4/c1-24-10-3-5-15(24)17-14(7-10)23-18(22)11(8-21)16(17)9-2-4-13(20)12(19)6-9/h2,4,6,10,15H,3,5,7H2,1H3,(H2,22,23)/t10-,15+/m0/s1. The predicted molar refractivity (Wildman–Crippen MR) is 91.0 cm³/mol. The van der Waals surface area contributed by atoms with Crippen molar-refractivity contribution in [3.05, 3.63) is 45.9 Å². The van der Waals surface area contributed by atoms with Crippen LogP contribution in [0.3, 0.4) is 0 Å². The molecule has 0 saturated carbocycles. The minimum atomic E-state index is -0.479. The number of nitrogens with two attached hydrogens (primary N) is 1. The summed E-state index contributed by atoms with van der Waals surface area (Å²) in [5.41, 5.74) is 9.85. The average molecular weight is 343 g/mol. The van der Waals surface area contributed by atoms with E-state index in [1.807, 2.05) is 0 Å². The zero-order chi connectivity index (χ0) is 17.0. The predicted octanol–water partition coefficient (Wildman–Crippen LogP) is 3.69. The van der Waals surface area contributed by atoms with Crippen LogP contribution in [-0.2, 0) is 6.42 Å². The van der Waals surface area contributed by atoms with Gasteiger partial charge in [-0.3, -0.25) is 4.90 Å². The topological polar surface area (TPSA) is 65.9 Å². The molecule has 2 bridgehead atoms. The van der Waals surface area contributed by atoms with E-state index in [4.69, 9.17) is 17.3 Å². The van der Waals surface area contributed by atoms with E-state index in [9.17, 15) is 9.65 Å². The molecule has 6 heteroatoms. The van der Waals surface area contributed by atoms with E-state index in [-0.39, 0.29) is 16.9 Å². The maximum atomic E-state index is 13.6. The molecule has 2 aliphatic rings. The fraction of sp³-hybridized carbons (Fsp3) is 0.333. The van der Waals surface area contributed by atoms with Gasteiger partial charge in [0.2, 0.25) is 0 Å². The molecule has 4 nitrogen and oxygen atoms in total. The van der Waals surface area contributed by atoms with Gasteiger partial charge in [0.1, 0.15) is 23.3 Å². The lowest BCUT2D eigenvalue weighted by molar-refractivity contribution is 0.222. The number of likely N-dealkylation sites (N-methyl/N-ethyl adjacent to an activating group) is 1. The molecule has 0 radical (unpaired) electrons. The van der Waals surface area contributed by atoms with Gasteiger partial charge >= 0.3 is 0 Å². The minimum absolute atomic E-state index is 0.0361. The quantitative estimate of drug-likeness (QED) is 0.858. The summed E-state index contributed by atoms with van der Waals surface area (Å²) in [7, 11) is 2.11. The monoisotopic (exact) mass is 342 g/mol. The van der Waals surface area contributed by atoms with Crippen LogP contribution in [0.15, 0.2) is 18.2 Å². The number of nitrogen functional groups attached to an aromatic ring is 1. The maximum absolute atomic E-state index is 13.6. The number of aromatic nitrogens is 1. The molecule has 2 aliphatic heterocycles. The van der Waals surface area contributed by atoms with E-state index >= 15 is 0 Å². The third kappa shape index (κ3) is 2.10. The van der Waals surface area contributed by atoms with Gasteiger partial charge in [0, 0.05) is 35.3 Å². The highest BCUT2D eigenvalue weighted by Crippen LogP contribution is 2.47. The van der Waals surface area contributed by atoms with E-state index in [2.05, 4.69) is 23.0 Å². The van der Waals surface area contributed by atoms with Crippen LogP contribution in [0, 0.1) is 17.1 Å². The first kappa shape index (κ1) is 15.4. The van der Waals surface area contributed by atoms with E-state index in [1.54, 1.807) is 12.1 Å². The van der Waals surface area contributed by atoms with E-state index in [1.165, 1.54) is 6.07 Å². The summed E-state index contributed by atoms with van der Waals surface area (Å²) in [5.74, 6) is -0.247. The molecule has 0 aliphatic carbocycles. The van der Waals surface area contributed by atoms with Crippen molar-refractivity contribution in [1.29, 1.82) is 5.26 Å². The van der Waals surface area contributed by atoms with Gasteiger partial charge in [0.25, 0.3) is 0 Å². The van der Waals surface area contributed by atoms with Gasteiger partial charge in [-0.1, -0.05) is 17.7 Å². The van der Waals surface area contributed by atoms with Gasteiger partial charge in [-0.2, -0.15) is 5.26 Å². The summed E-state index contributed by atoms with van der Waals surface area (Å²) in [6, 6.07) is 7.39. The van der Waals surface area contributed by atoms with Crippen molar-refractivity contribution >= 4 is 17.4 Å². The Morgan fingerprint density at radius 3 is 2.92 bits per heavy atom. The number of halogens is 2. The Labute approximate surface area is 144 Å². The number of benzene rings is 1. The summed E-state index contributed by atoms with van der Waals surface area (Å²) in [6.07, 6.45) is 2.94. The first-order valence-corrected chi connectivity index (χ1v) is 8.28. The second-order valence-electron chi connectivity index (χ2n) is 6.46. The Morgan fingerprint density at radius 1 is 1.42 bits per heavy atom. The van der Waals surface area contributed by atoms with Gasteiger partial charge in [0.15, 0.2) is 0 Å². The number of hydrogen-bond donors (Lipinski definition) is 1. The highest BCUT2D eigenvalue weighted by molar-refractivity contribution is 6.31. The van der Waals surface area contributed by atoms with Crippen LogP contribution in [0.2, 0.25) is 5.02 Å². The average Bonchev–Trinajstić information content (AvgIpc) is 2.79. The molecule has 0 spiro atoms. The summed E-state index contributed by atoms with van der Waals surface area (Å²) >= 11 is 5.97. The number of nitrogens with zero attached hydrogens (tertiary/aromatic N) is 3. The Morgan fingerprint density at radius 2 is 2.21 bits per heavy atom. The minimum Gasteiger partial charge on any atom is -0.383 e. The van der Waals surface area contributed by atoms with Gasteiger partial charge < -0.3 is 5.73 Å². The van der Waals surface area contributed by atoms with E-state index in [0.717, 1.165) is 36.1 Å². The normalized spacial score (nSPS) is 22.2. The van der Waals surface area contributed by atoms with Gasteiger partial charge in [-0.05, 0) is 37.6 Å². The zero-order valence-electron chi connectivity index (χ0n) is 13.2. The zero-order valence-corrected chi connectivity index (χ0v) is 13.9. The molecule has 1 aromatic heterocycles. The molecular weight excluding hydrogens is 327 g/mol. The van der Waals surface area contributed by atoms with Crippen molar-refractivity contribution in [3.63, 3.8) is 0 Å². The molecule has 2 aromatic rings. The second kappa shape index (κ2) is 5.44. The fourth-order valence-corrected chi connectivity index (χ4v) is 4.26. The maximum Gasteiger partial charge on any atom is 0.142 e. The highest BCUT2D eigenvalue weighted by Gasteiger charge is 2.41. The largest absolute Gasteiger partial charge is 0.383 e. The Hall–Kier alpha value is -2.16. The van der Waals surface area contributed by atoms with Crippen molar-refractivity contribution < 1.29 is 4.39 Å². The van der Waals surface area contributed by atoms with Crippen LogP contribution in [-0.4, -0.2) is 23.0 Å². The molecule has 0 unspecified atom stereocenters.